The summed E-state index contributed by atoms with van der Waals surface area (Å²) in [5, 5.41) is 8.62. The molecule has 1 aliphatic carbocycles. The van der Waals surface area contributed by atoms with Crippen LogP contribution in [0.3, 0.4) is 0 Å². The highest BCUT2D eigenvalue weighted by atomic mass is 14.2. The fourth-order valence-corrected chi connectivity index (χ4v) is 1.87. The molecule has 0 heterocycles. The molecule has 0 spiro atoms. The van der Waals surface area contributed by atoms with E-state index in [0.29, 0.717) is 6.42 Å². The van der Waals surface area contributed by atoms with Gasteiger partial charge in [0.1, 0.15) is 0 Å². The Morgan fingerprint density at radius 2 is 1.77 bits per heavy atom. The normalized spacial score (nSPS) is 20.1. The van der Waals surface area contributed by atoms with Crippen LogP contribution in [0.4, 0.5) is 0 Å². The molecule has 72 valence electrons. The monoisotopic (exact) mass is 177 g/mol. The largest absolute Gasteiger partial charge is 0.198 e. The van der Waals surface area contributed by atoms with Gasteiger partial charge in [0.05, 0.1) is 12.5 Å². The lowest BCUT2D eigenvalue weighted by molar-refractivity contribution is 0.583. The van der Waals surface area contributed by atoms with Gasteiger partial charge in [-0.2, -0.15) is 5.26 Å². The first-order chi connectivity index (χ1) is 6.43. The Morgan fingerprint density at radius 1 is 1.08 bits per heavy atom. The molecule has 0 atom stereocenters. The van der Waals surface area contributed by atoms with Crippen molar-refractivity contribution in [2.45, 2.75) is 57.8 Å². The summed E-state index contributed by atoms with van der Waals surface area (Å²) in [5.41, 5.74) is 1.38. The third kappa shape index (κ3) is 4.72. The van der Waals surface area contributed by atoms with Crippen LogP contribution in [0.5, 0.6) is 0 Å². The molecule has 0 N–H and O–H groups in total. The van der Waals surface area contributed by atoms with Gasteiger partial charge >= 0.3 is 0 Å². The number of nitrogens with zero attached hydrogens (tertiary/aromatic N) is 1. The van der Waals surface area contributed by atoms with Crippen molar-refractivity contribution in [2.24, 2.45) is 0 Å². The van der Waals surface area contributed by atoms with Crippen molar-refractivity contribution >= 4 is 0 Å². The number of allylic oxidation sites excluding steroid dienone is 2. The predicted molar refractivity (Wildman–Crippen MR) is 55.2 cm³/mol. The Kier molecular flexibility index (Phi) is 5.33. The lowest BCUT2D eigenvalue weighted by Gasteiger charge is -2.07. The molecule has 0 aromatic heterocycles. The van der Waals surface area contributed by atoms with Crippen LogP contribution in [-0.2, 0) is 0 Å². The van der Waals surface area contributed by atoms with E-state index in [4.69, 9.17) is 5.26 Å². The number of hydrogen-bond acceptors (Lipinski definition) is 1. The maximum Gasteiger partial charge on any atom is 0.0666 e. The van der Waals surface area contributed by atoms with E-state index in [9.17, 15) is 0 Å². The molecule has 0 fully saturated rings. The molecule has 0 aliphatic heterocycles. The quantitative estimate of drug-likeness (QED) is 0.556. The summed E-state index contributed by atoms with van der Waals surface area (Å²) in [4.78, 5) is 0. The van der Waals surface area contributed by atoms with Crippen LogP contribution in [0.15, 0.2) is 11.6 Å². The van der Waals surface area contributed by atoms with Crippen molar-refractivity contribution < 1.29 is 0 Å². The summed E-state index contributed by atoms with van der Waals surface area (Å²) >= 11 is 0. The average molecular weight is 177 g/mol. The highest BCUT2D eigenvalue weighted by Crippen LogP contribution is 2.18. The summed E-state index contributed by atoms with van der Waals surface area (Å²) in [6.07, 6.45) is 13.4. The van der Waals surface area contributed by atoms with Gasteiger partial charge in [-0.15, -0.1) is 0 Å². The van der Waals surface area contributed by atoms with E-state index in [1.165, 1.54) is 50.5 Å². The highest BCUT2D eigenvalue weighted by Gasteiger charge is 1.99. The SMILES string of the molecule is N#CCC1=CCCCCCCCC1. The minimum absolute atomic E-state index is 0.653. The second kappa shape index (κ2) is 6.71. The molecular weight excluding hydrogens is 158 g/mol. The zero-order valence-electron chi connectivity index (χ0n) is 8.39. The smallest absolute Gasteiger partial charge is 0.0666 e. The molecule has 0 bridgehead atoms. The fraction of sp³-hybridized carbons (Fsp3) is 0.750. The molecule has 1 nitrogen and oxygen atoms in total. The molecule has 0 saturated carbocycles. The maximum absolute atomic E-state index is 8.62. The van der Waals surface area contributed by atoms with Crippen molar-refractivity contribution in [3.8, 4) is 6.07 Å². The molecule has 13 heavy (non-hydrogen) atoms. The van der Waals surface area contributed by atoms with Gasteiger partial charge in [0.15, 0.2) is 0 Å². The molecule has 0 amide bonds. The van der Waals surface area contributed by atoms with Gasteiger partial charge in [-0.25, -0.2) is 0 Å². The van der Waals surface area contributed by atoms with Crippen LogP contribution in [0.25, 0.3) is 0 Å². The van der Waals surface area contributed by atoms with Crippen LogP contribution in [0.2, 0.25) is 0 Å². The van der Waals surface area contributed by atoms with E-state index >= 15 is 0 Å². The lowest BCUT2D eigenvalue weighted by Crippen LogP contribution is -1.88. The number of nitriles is 1. The van der Waals surface area contributed by atoms with E-state index in [1.807, 2.05) is 0 Å². The van der Waals surface area contributed by atoms with Gasteiger partial charge in [0, 0.05) is 0 Å². The first-order valence-electron chi connectivity index (χ1n) is 5.48. The Hall–Kier alpha value is -0.770. The summed E-state index contributed by atoms with van der Waals surface area (Å²) in [5.74, 6) is 0. The van der Waals surface area contributed by atoms with Crippen molar-refractivity contribution in [1.82, 2.24) is 0 Å². The third-order valence-corrected chi connectivity index (χ3v) is 2.69. The van der Waals surface area contributed by atoms with Crippen molar-refractivity contribution in [3.63, 3.8) is 0 Å². The van der Waals surface area contributed by atoms with Crippen molar-refractivity contribution in [2.75, 3.05) is 0 Å². The van der Waals surface area contributed by atoms with Gasteiger partial charge in [-0.3, -0.25) is 0 Å². The van der Waals surface area contributed by atoms with E-state index in [1.54, 1.807) is 0 Å². The Labute approximate surface area is 81.5 Å². The molecule has 0 unspecified atom stereocenters. The van der Waals surface area contributed by atoms with Gasteiger partial charge in [0.2, 0.25) is 0 Å². The summed E-state index contributed by atoms with van der Waals surface area (Å²) in [6, 6.07) is 2.25. The summed E-state index contributed by atoms with van der Waals surface area (Å²) < 4.78 is 0. The molecule has 0 aromatic rings. The van der Waals surface area contributed by atoms with Crippen LogP contribution in [0, 0.1) is 11.3 Å². The molecule has 0 radical (unpaired) electrons. The topological polar surface area (TPSA) is 23.8 Å². The lowest BCUT2D eigenvalue weighted by atomic mass is 9.99. The highest BCUT2D eigenvalue weighted by molar-refractivity contribution is 5.07. The maximum atomic E-state index is 8.62. The van der Waals surface area contributed by atoms with Crippen LogP contribution >= 0.6 is 0 Å². The van der Waals surface area contributed by atoms with Crippen molar-refractivity contribution in [3.05, 3.63) is 11.6 Å². The van der Waals surface area contributed by atoms with Crippen LogP contribution in [0.1, 0.15) is 57.8 Å². The van der Waals surface area contributed by atoms with E-state index in [-0.39, 0.29) is 0 Å². The number of hydrogen-bond donors (Lipinski definition) is 0. The molecule has 1 aliphatic rings. The van der Waals surface area contributed by atoms with Gasteiger partial charge in [0.25, 0.3) is 0 Å². The molecule has 0 saturated heterocycles. The first kappa shape index (κ1) is 10.3. The predicted octanol–water partition coefficient (Wildman–Crippen LogP) is 3.96. The van der Waals surface area contributed by atoms with Gasteiger partial charge < -0.3 is 0 Å². The minimum Gasteiger partial charge on any atom is -0.198 e. The van der Waals surface area contributed by atoms with E-state index < -0.39 is 0 Å². The van der Waals surface area contributed by atoms with Crippen LogP contribution < -0.4 is 0 Å². The fourth-order valence-electron chi connectivity index (χ4n) is 1.87. The second-order valence-corrected chi connectivity index (χ2v) is 3.86. The molecule has 0 aromatic carbocycles. The minimum atomic E-state index is 0.653. The second-order valence-electron chi connectivity index (χ2n) is 3.86. The van der Waals surface area contributed by atoms with Gasteiger partial charge in [-0.1, -0.05) is 37.3 Å². The number of rotatable bonds is 1. The first-order valence-corrected chi connectivity index (χ1v) is 5.48. The van der Waals surface area contributed by atoms with Gasteiger partial charge in [-0.05, 0) is 25.7 Å². The van der Waals surface area contributed by atoms with E-state index in [2.05, 4.69) is 12.1 Å². The molecule has 1 heteroatoms. The molecule has 1 rings (SSSR count). The van der Waals surface area contributed by atoms with Crippen molar-refractivity contribution in [1.29, 1.82) is 5.26 Å². The Morgan fingerprint density at radius 3 is 2.54 bits per heavy atom. The standard InChI is InChI=1S/C12H19N/c13-11-10-12-8-6-4-2-1-3-5-7-9-12/h8H,1-7,9-10H2. The third-order valence-electron chi connectivity index (χ3n) is 2.69. The molecular formula is C12H19N. The zero-order chi connectivity index (χ0) is 9.36. The van der Waals surface area contributed by atoms with E-state index in [0.717, 1.165) is 6.42 Å². The Balaban J connectivity index is 2.38. The average Bonchev–Trinajstić information content (AvgIpc) is 2.16. The summed E-state index contributed by atoms with van der Waals surface area (Å²) in [7, 11) is 0. The van der Waals surface area contributed by atoms with Crippen LogP contribution in [-0.4, -0.2) is 0 Å². The summed E-state index contributed by atoms with van der Waals surface area (Å²) in [6.45, 7) is 0. The Bertz CT molecular complexity index is 198. The zero-order valence-corrected chi connectivity index (χ0v) is 8.39.